The molecule has 1 unspecified atom stereocenters. The molecule has 5 heteroatoms. The molecule has 5 nitrogen and oxygen atoms in total. The highest BCUT2D eigenvalue weighted by Gasteiger charge is 2.26. The van der Waals surface area contributed by atoms with Crippen molar-refractivity contribution < 1.29 is 9.21 Å². The predicted molar refractivity (Wildman–Crippen MR) is 121 cm³/mol. The first-order valence-electron chi connectivity index (χ1n) is 10.7. The second-order valence-corrected chi connectivity index (χ2v) is 8.11. The molecule has 0 radical (unpaired) electrons. The molecular formula is C26H25N3O2. The first kappa shape index (κ1) is 19.5. The number of fused-ring (bicyclic) bond motifs is 1. The maximum atomic E-state index is 12.7. The fourth-order valence-corrected chi connectivity index (χ4v) is 4.27. The summed E-state index contributed by atoms with van der Waals surface area (Å²) in [5.41, 5.74) is 4.38. The molecule has 1 aliphatic rings. The summed E-state index contributed by atoms with van der Waals surface area (Å²) in [5.74, 6) is 0.986. The summed E-state index contributed by atoms with van der Waals surface area (Å²) < 4.78 is 6.00. The topological polar surface area (TPSA) is 58.4 Å². The Balaban J connectivity index is 1.28. The third kappa shape index (κ3) is 4.52. The van der Waals surface area contributed by atoms with E-state index in [1.54, 1.807) is 12.4 Å². The van der Waals surface area contributed by atoms with Crippen LogP contribution in [-0.2, 0) is 17.8 Å². The largest absolute Gasteiger partial charge is 0.460 e. The van der Waals surface area contributed by atoms with Crippen LogP contribution in [0.5, 0.6) is 0 Å². The molecule has 0 aliphatic carbocycles. The molecule has 156 valence electrons. The summed E-state index contributed by atoms with van der Waals surface area (Å²) in [6.45, 7) is 2.91. The summed E-state index contributed by atoms with van der Waals surface area (Å²) in [6, 6.07) is 22.6. The minimum Gasteiger partial charge on any atom is -0.460 e. The molecule has 4 aromatic rings. The Hall–Kier alpha value is -3.44. The quantitative estimate of drug-likeness (QED) is 0.532. The number of nitrogens with zero attached hydrogens (tertiary/aromatic N) is 2. The number of rotatable bonds is 5. The lowest BCUT2D eigenvalue weighted by molar-refractivity contribution is -0.124. The second kappa shape index (κ2) is 8.74. The third-order valence-electron chi connectivity index (χ3n) is 5.88. The number of carbonyl (C=O) groups excluding carboxylic acids is 1. The molecule has 5 rings (SSSR count). The Morgan fingerprint density at radius 3 is 2.58 bits per heavy atom. The van der Waals surface area contributed by atoms with Crippen LogP contribution in [0.1, 0.15) is 11.3 Å². The van der Waals surface area contributed by atoms with Crippen molar-refractivity contribution in [3.8, 4) is 11.1 Å². The summed E-state index contributed by atoms with van der Waals surface area (Å²) in [4.78, 5) is 19.1. The van der Waals surface area contributed by atoms with Gasteiger partial charge in [-0.3, -0.25) is 14.7 Å². The molecule has 2 aromatic heterocycles. The molecule has 1 atom stereocenters. The van der Waals surface area contributed by atoms with E-state index in [-0.39, 0.29) is 11.8 Å². The molecular weight excluding hydrogens is 386 g/mol. The standard InChI is InChI=1S/C26H25N3O2/c30-26-23(15-19-5-7-20(8-6-19)21-9-11-27-12-10-21)17-29(14-13-28-26)18-24-16-22-3-1-2-4-25(22)31-24/h1-12,16,23H,13-15,17-18H2,(H,28,30). The Labute approximate surface area is 181 Å². The third-order valence-corrected chi connectivity index (χ3v) is 5.88. The summed E-state index contributed by atoms with van der Waals surface area (Å²) in [6.07, 6.45) is 4.32. The molecule has 1 fully saturated rings. The van der Waals surface area contributed by atoms with E-state index in [2.05, 4.69) is 51.6 Å². The van der Waals surface area contributed by atoms with Gasteiger partial charge in [0.2, 0.25) is 5.91 Å². The second-order valence-electron chi connectivity index (χ2n) is 8.11. The lowest BCUT2D eigenvalue weighted by Gasteiger charge is -2.22. The Morgan fingerprint density at radius 1 is 1.00 bits per heavy atom. The Bertz CT molecular complexity index is 1140. The van der Waals surface area contributed by atoms with Gasteiger partial charge in [-0.25, -0.2) is 0 Å². The van der Waals surface area contributed by atoms with E-state index < -0.39 is 0 Å². The first-order valence-corrected chi connectivity index (χ1v) is 10.7. The number of carbonyl (C=O) groups is 1. The highest BCUT2D eigenvalue weighted by molar-refractivity contribution is 5.79. The molecule has 0 saturated carbocycles. The summed E-state index contributed by atoms with van der Waals surface area (Å²) in [7, 11) is 0. The Kier molecular flexibility index (Phi) is 5.50. The highest BCUT2D eigenvalue weighted by atomic mass is 16.3. The SMILES string of the molecule is O=C1NCCN(Cc2cc3ccccc3o2)CC1Cc1ccc(-c2ccncc2)cc1. The molecule has 1 aliphatic heterocycles. The minimum atomic E-state index is -0.0846. The van der Waals surface area contributed by atoms with Gasteiger partial charge in [0.1, 0.15) is 11.3 Å². The van der Waals surface area contributed by atoms with Crippen molar-refractivity contribution >= 4 is 16.9 Å². The van der Waals surface area contributed by atoms with Gasteiger partial charge in [-0.2, -0.15) is 0 Å². The van der Waals surface area contributed by atoms with E-state index in [0.29, 0.717) is 13.1 Å². The van der Waals surface area contributed by atoms with E-state index >= 15 is 0 Å². The fraction of sp³-hybridized carbons (Fsp3) is 0.231. The lowest BCUT2D eigenvalue weighted by atomic mass is 9.96. The molecule has 1 N–H and O–H groups in total. The van der Waals surface area contributed by atoms with E-state index in [1.165, 1.54) is 5.56 Å². The molecule has 1 saturated heterocycles. The van der Waals surface area contributed by atoms with Crippen LogP contribution in [0.4, 0.5) is 0 Å². The molecule has 0 spiro atoms. The van der Waals surface area contributed by atoms with Gasteiger partial charge < -0.3 is 9.73 Å². The van der Waals surface area contributed by atoms with Gasteiger partial charge in [-0.05, 0) is 47.4 Å². The van der Waals surface area contributed by atoms with Crippen LogP contribution < -0.4 is 5.32 Å². The van der Waals surface area contributed by atoms with Gasteiger partial charge in [0.25, 0.3) is 0 Å². The van der Waals surface area contributed by atoms with Gasteiger partial charge in [0.05, 0.1) is 12.5 Å². The van der Waals surface area contributed by atoms with Gasteiger partial charge >= 0.3 is 0 Å². The molecule has 1 amide bonds. The predicted octanol–water partition coefficient (Wildman–Crippen LogP) is 4.29. The molecule has 31 heavy (non-hydrogen) atoms. The van der Waals surface area contributed by atoms with Gasteiger partial charge in [0, 0.05) is 37.4 Å². The number of para-hydroxylation sites is 1. The number of nitrogens with one attached hydrogen (secondary N) is 1. The van der Waals surface area contributed by atoms with Gasteiger partial charge in [-0.1, -0.05) is 42.5 Å². The number of furan rings is 1. The van der Waals surface area contributed by atoms with E-state index in [0.717, 1.165) is 47.4 Å². The van der Waals surface area contributed by atoms with Crippen molar-refractivity contribution in [2.24, 2.45) is 5.92 Å². The van der Waals surface area contributed by atoms with Crippen molar-refractivity contribution in [2.75, 3.05) is 19.6 Å². The van der Waals surface area contributed by atoms with Crippen LogP contribution in [0.25, 0.3) is 22.1 Å². The zero-order valence-electron chi connectivity index (χ0n) is 17.3. The average Bonchev–Trinajstić information content (AvgIpc) is 3.13. The van der Waals surface area contributed by atoms with Crippen LogP contribution in [0, 0.1) is 5.92 Å². The monoisotopic (exact) mass is 411 g/mol. The number of benzene rings is 2. The van der Waals surface area contributed by atoms with E-state index in [1.807, 2.05) is 30.3 Å². The summed E-state index contributed by atoms with van der Waals surface area (Å²) >= 11 is 0. The zero-order chi connectivity index (χ0) is 21.0. The average molecular weight is 412 g/mol. The van der Waals surface area contributed by atoms with Crippen molar-refractivity contribution in [1.29, 1.82) is 0 Å². The van der Waals surface area contributed by atoms with Crippen molar-refractivity contribution in [1.82, 2.24) is 15.2 Å². The van der Waals surface area contributed by atoms with Crippen molar-refractivity contribution in [3.63, 3.8) is 0 Å². The van der Waals surface area contributed by atoms with Gasteiger partial charge in [0.15, 0.2) is 0 Å². The van der Waals surface area contributed by atoms with E-state index in [4.69, 9.17) is 4.42 Å². The van der Waals surface area contributed by atoms with Crippen LogP contribution in [0.3, 0.4) is 0 Å². The number of amides is 1. The number of pyridine rings is 1. The zero-order valence-corrected chi connectivity index (χ0v) is 17.3. The molecule has 2 aromatic carbocycles. The van der Waals surface area contributed by atoms with Crippen LogP contribution in [-0.4, -0.2) is 35.4 Å². The Morgan fingerprint density at radius 2 is 1.77 bits per heavy atom. The smallest absolute Gasteiger partial charge is 0.224 e. The van der Waals surface area contributed by atoms with E-state index in [9.17, 15) is 4.79 Å². The number of hydrogen-bond donors (Lipinski definition) is 1. The summed E-state index contributed by atoms with van der Waals surface area (Å²) in [5, 5.41) is 4.19. The number of aromatic nitrogens is 1. The molecule has 3 heterocycles. The van der Waals surface area contributed by atoms with Gasteiger partial charge in [-0.15, -0.1) is 0 Å². The fourth-order valence-electron chi connectivity index (χ4n) is 4.27. The highest BCUT2D eigenvalue weighted by Crippen LogP contribution is 2.23. The lowest BCUT2D eigenvalue weighted by Crippen LogP contribution is -2.33. The first-order chi connectivity index (χ1) is 15.2. The van der Waals surface area contributed by atoms with Crippen LogP contribution in [0.15, 0.2) is 83.5 Å². The van der Waals surface area contributed by atoms with Crippen LogP contribution >= 0.6 is 0 Å². The van der Waals surface area contributed by atoms with Crippen molar-refractivity contribution in [2.45, 2.75) is 13.0 Å². The van der Waals surface area contributed by atoms with Crippen LogP contribution in [0.2, 0.25) is 0 Å². The normalized spacial score (nSPS) is 17.4. The minimum absolute atomic E-state index is 0.0846. The number of hydrogen-bond acceptors (Lipinski definition) is 4. The molecule has 0 bridgehead atoms. The maximum absolute atomic E-state index is 12.7. The van der Waals surface area contributed by atoms with Crippen molar-refractivity contribution in [3.05, 3.63) is 90.4 Å². The maximum Gasteiger partial charge on any atom is 0.224 e.